The van der Waals surface area contributed by atoms with Crippen LogP contribution in [0.2, 0.25) is 0 Å². The van der Waals surface area contributed by atoms with Crippen LogP contribution in [0.15, 0.2) is 18.2 Å². The lowest BCUT2D eigenvalue weighted by Crippen LogP contribution is -2.09. The number of nitrogens with one attached hydrogen (secondary N) is 1. The van der Waals surface area contributed by atoms with E-state index in [2.05, 4.69) is 64.2 Å². The van der Waals surface area contributed by atoms with Gasteiger partial charge in [0.05, 0.1) is 11.0 Å². The summed E-state index contributed by atoms with van der Waals surface area (Å²) in [6.07, 6.45) is 3.75. The first-order valence-electron chi connectivity index (χ1n) is 6.36. The first kappa shape index (κ1) is 12.7. The van der Waals surface area contributed by atoms with Gasteiger partial charge < -0.3 is 9.55 Å². The van der Waals surface area contributed by atoms with Crippen LogP contribution in [0.4, 0.5) is 0 Å². The van der Waals surface area contributed by atoms with E-state index in [-0.39, 0.29) is 0 Å². The van der Waals surface area contributed by atoms with Crippen LogP contribution in [0, 0.1) is 13.8 Å². The molecule has 1 aromatic carbocycles. The molecule has 1 atom stereocenters. The minimum absolute atomic E-state index is 0.451. The van der Waals surface area contributed by atoms with Crippen LogP contribution in [0.5, 0.6) is 0 Å². The zero-order valence-corrected chi connectivity index (χ0v) is 13.6. The molecule has 4 heteroatoms. The fourth-order valence-electron chi connectivity index (χ4n) is 3.09. The van der Waals surface area contributed by atoms with Crippen molar-refractivity contribution in [1.82, 2.24) is 9.55 Å². The molecule has 1 unspecified atom stereocenters. The molecule has 0 aliphatic heterocycles. The van der Waals surface area contributed by atoms with Crippen LogP contribution in [-0.4, -0.2) is 9.55 Å². The number of hydrogen-bond donors (Lipinski definition) is 1. The summed E-state index contributed by atoms with van der Waals surface area (Å²) in [5, 5.41) is 0. The topological polar surface area (TPSA) is 20.7 Å². The Balaban J connectivity index is 2.12. The van der Waals surface area contributed by atoms with Gasteiger partial charge in [0.25, 0.3) is 0 Å². The third kappa shape index (κ3) is 2.13. The summed E-state index contributed by atoms with van der Waals surface area (Å²) in [6.45, 7) is 4.71. The summed E-state index contributed by atoms with van der Waals surface area (Å²) in [7, 11) is 0. The van der Waals surface area contributed by atoms with Crippen molar-refractivity contribution >= 4 is 45.8 Å². The molecule has 0 radical (unpaired) electrons. The Labute approximate surface area is 126 Å². The molecule has 96 valence electrons. The van der Waals surface area contributed by atoms with Crippen molar-refractivity contribution < 1.29 is 0 Å². The highest BCUT2D eigenvalue weighted by Crippen LogP contribution is 2.44. The van der Waals surface area contributed by atoms with E-state index in [4.69, 9.17) is 12.2 Å². The molecule has 3 rings (SSSR count). The van der Waals surface area contributed by atoms with Gasteiger partial charge in [0.1, 0.15) is 0 Å². The lowest BCUT2D eigenvalue weighted by Gasteiger charge is -2.18. The number of aromatic amines is 1. The summed E-state index contributed by atoms with van der Waals surface area (Å²) in [6, 6.07) is 7.07. The monoisotopic (exact) mass is 372 g/mol. The SMILES string of the molecule is CC1(C)CCC(n2c(=S)[nH]c3cc(I)ccc32)C1. The molecule has 1 aliphatic rings. The van der Waals surface area contributed by atoms with Crippen LogP contribution < -0.4 is 0 Å². The predicted molar refractivity (Wildman–Crippen MR) is 86.5 cm³/mol. The van der Waals surface area contributed by atoms with Gasteiger partial charge in [0, 0.05) is 9.61 Å². The Morgan fingerprint density at radius 2 is 2.22 bits per heavy atom. The average molecular weight is 372 g/mol. The van der Waals surface area contributed by atoms with E-state index in [9.17, 15) is 0 Å². The molecular weight excluding hydrogens is 355 g/mol. The molecule has 0 amide bonds. The number of imidazole rings is 1. The zero-order valence-electron chi connectivity index (χ0n) is 10.7. The Morgan fingerprint density at radius 1 is 1.44 bits per heavy atom. The van der Waals surface area contributed by atoms with Gasteiger partial charge in [-0.2, -0.15) is 0 Å². The summed E-state index contributed by atoms with van der Waals surface area (Å²) in [4.78, 5) is 3.35. The highest BCUT2D eigenvalue weighted by Gasteiger charge is 2.32. The fourth-order valence-corrected chi connectivity index (χ4v) is 3.93. The van der Waals surface area contributed by atoms with E-state index >= 15 is 0 Å². The largest absolute Gasteiger partial charge is 0.331 e. The van der Waals surface area contributed by atoms with E-state index < -0.39 is 0 Å². The molecule has 1 fully saturated rings. The van der Waals surface area contributed by atoms with Crippen LogP contribution in [0.3, 0.4) is 0 Å². The molecular formula is C14H17IN2S. The normalized spacial score (nSPS) is 22.7. The second kappa shape index (κ2) is 4.34. The van der Waals surface area contributed by atoms with Crippen molar-refractivity contribution in [1.29, 1.82) is 0 Å². The Kier molecular flexibility index (Phi) is 3.05. The summed E-state index contributed by atoms with van der Waals surface area (Å²) >= 11 is 7.85. The van der Waals surface area contributed by atoms with E-state index in [0.29, 0.717) is 11.5 Å². The molecule has 1 N–H and O–H groups in total. The highest BCUT2D eigenvalue weighted by atomic mass is 127. The van der Waals surface area contributed by atoms with Crippen LogP contribution >= 0.6 is 34.8 Å². The van der Waals surface area contributed by atoms with Crippen molar-refractivity contribution in [3.63, 3.8) is 0 Å². The van der Waals surface area contributed by atoms with E-state index in [1.54, 1.807) is 0 Å². The van der Waals surface area contributed by atoms with E-state index in [1.165, 1.54) is 28.3 Å². The maximum atomic E-state index is 5.51. The first-order chi connectivity index (χ1) is 8.46. The molecule has 1 saturated carbocycles. The van der Waals surface area contributed by atoms with Crippen molar-refractivity contribution in [3.8, 4) is 0 Å². The highest BCUT2D eigenvalue weighted by molar-refractivity contribution is 14.1. The lowest BCUT2D eigenvalue weighted by atomic mass is 9.92. The van der Waals surface area contributed by atoms with E-state index in [1.807, 2.05) is 0 Å². The third-order valence-electron chi connectivity index (χ3n) is 3.99. The maximum Gasteiger partial charge on any atom is 0.178 e. The quantitative estimate of drug-likeness (QED) is 0.549. The number of H-pyrrole nitrogens is 1. The summed E-state index contributed by atoms with van der Waals surface area (Å²) in [5.74, 6) is 0. The lowest BCUT2D eigenvalue weighted by molar-refractivity contribution is 0.360. The molecule has 0 saturated heterocycles. The second-order valence-corrected chi connectivity index (χ2v) is 7.65. The number of rotatable bonds is 1. The van der Waals surface area contributed by atoms with Gasteiger partial charge >= 0.3 is 0 Å². The molecule has 0 bridgehead atoms. The fraction of sp³-hybridized carbons (Fsp3) is 0.500. The minimum Gasteiger partial charge on any atom is -0.331 e. The molecule has 1 aliphatic carbocycles. The number of fused-ring (bicyclic) bond motifs is 1. The Bertz CT molecular complexity index is 653. The standard InChI is InChI=1S/C14H17IN2S/c1-14(2)6-5-10(8-14)17-12-4-3-9(15)7-11(12)16-13(17)18/h3-4,7,10H,5-6,8H2,1-2H3,(H,16,18). The van der Waals surface area contributed by atoms with Gasteiger partial charge in [0.15, 0.2) is 4.77 Å². The van der Waals surface area contributed by atoms with E-state index in [0.717, 1.165) is 10.3 Å². The number of benzene rings is 1. The van der Waals surface area contributed by atoms with Crippen LogP contribution in [0.1, 0.15) is 39.2 Å². The number of nitrogens with zero attached hydrogens (tertiary/aromatic N) is 1. The minimum atomic E-state index is 0.451. The second-order valence-electron chi connectivity index (χ2n) is 6.02. The van der Waals surface area contributed by atoms with Gasteiger partial charge in [-0.1, -0.05) is 13.8 Å². The van der Waals surface area contributed by atoms with Gasteiger partial charge in [-0.3, -0.25) is 0 Å². The van der Waals surface area contributed by atoms with Crippen LogP contribution in [-0.2, 0) is 0 Å². The Morgan fingerprint density at radius 3 is 2.89 bits per heavy atom. The molecule has 2 aromatic rings. The van der Waals surface area contributed by atoms with Gasteiger partial charge in [-0.25, -0.2) is 0 Å². The molecule has 0 spiro atoms. The predicted octanol–water partition coefficient (Wildman–Crippen LogP) is 5.05. The van der Waals surface area contributed by atoms with Gasteiger partial charge in [-0.05, 0) is 77.7 Å². The van der Waals surface area contributed by atoms with Crippen molar-refractivity contribution in [2.45, 2.75) is 39.2 Å². The van der Waals surface area contributed by atoms with Crippen LogP contribution in [0.25, 0.3) is 11.0 Å². The third-order valence-corrected chi connectivity index (χ3v) is 4.96. The summed E-state index contributed by atoms with van der Waals surface area (Å²) in [5.41, 5.74) is 2.87. The zero-order chi connectivity index (χ0) is 12.9. The Hall–Kier alpha value is -0.360. The maximum absolute atomic E-state index is 5.51. The smallest absolute Gasteiger partial charge is 0.178 e. The average Bonchev–Trinajstić information content (AvgIpc) is 2.77. The summed E-state index contributed by atoms with van der Waals surface area (Å²) < 4.78 is 4.44. The molecule has 1 aromatic heterocycles. The first-order valence-corrected chi connectivity index (χ1v) is 7.85. The number of hydrogen-bond acceptors (Lipinski definition) is 1. The van der Waals surface area contributed by atoms with Crippen molar-refractivity contribution in [2.24, 2.45) is 5.41 Å². The van der Waals surface area contributed by atoms with Crippen molar-refractivity contribution in [2.75, 3.05) is 0 Å². The van der Waals surface area contributed by atoms with Gasteiger partial charge in [0.2, 0.25) is 0 Å². The number of aromatic nitrogens is 2. The molecule has 2 nitrogen and oxygen atoms in total. The number of halogens is 1. The van der Waals surface area contributed by atoms with Gasteiger partial charge in [-0.15, -0.1) is 0 Å². The van der Waals surface area contributed by atoms with Crippen molar-refractivity contribution in [3.05, 3.63) is 26.5 Å². The molecule has 1 heterocycles. The molecule has 18 heavy (non-hydrogen) atoms.